The molecule has 3 heterocycles. The number of carbonyl (C=O) groups excluding carboxylic acids is 2. The van der Waals surface area contributed by atoms with Crippen molar-refractivity contribution in [2.75, 3.05) is 27.2 Å². The zero-order valence-electron chi connectivity index (χ0n) is 23.0. The number of ether oxygens (including phenoxy) is 2. The Balaban J connectivity index is 1.76. The quantitative estimate of drug-likeness (QED) is 0.461. The van der Waals surface area contributed by atoms with E-state index in [2.05, 4.69) is 11.1 Å². The van der Waals surface area contributed by atoms with Crippen LogP contribution < -0.4 is 4.74 Å². The minimum absolute atomic E-state index is 0.0451. The molecule has 0 unspecified atom stereocenters. The summed E-state index contributed by atoms with van der Waals surface area (Å²) in [7, 11) is 3.40. The molecule has 0 N–H and O–H groups in total. The van der Waals surface area contributed by atoms with Crippen LogP contribution in [0.5, 0.6) is 5.75 Å². The number of benzene rings is 1. The third kappa shape index (κ3) is 5.33. The second-order valence-corrected chi connectivity index (χ2v) is 10.8. The van der Waals surface area contributed by atoms with Gasteiger partial charge in [0.2, 0.25) is 0 Å². The lowest BCUT2D eigenvalue weighted by atomic mass is 10.0. The van der Waals surface area contributed by atoms with Gasteiger partial charge in [-0.3, -0.25) is 9.78 Å². The lowest BCUT2D eigenvalue weighted by molar-refractivity contribution is 0.0216. The van der Waals surface area contributed by atoms with Crippen molar-refractivity contribution in [1.29, 1.82) is 0 Å². The van der Waals surface area contributed by atoms with Crippen LogP contribution in [-0.2, 0) is 4.74 Å². The smallest absolute Gasteiger partial charge is 0.410 e. The molecule has 2 aromatic heterocycles. The topological polar surface area (TPSA) is 76.9 Å². The summed E-state index contributed by atoms with van der Waals surface area (Å²) in [5.41, 5.74) is 4.86. The highest BCUT2D eigenvalue weighted by molar-refractivity contribution is 6.00. The fourth-order valence-corrected chi connectivity index (χ4v) is 4.35. The van der Waals surface area contributed by atoms with Gasteiger partial charge in [0.1, 0.15) is 11.4 Å². The minimum atomic E-state index is -0.523. The van der Waals surface area contributed by atoms with E-state index in [-0.39, 0.29) is 18.0 Å². The number of nitrogens with zero attached hydrogens (tertiary/aromatic N) is 4. The molecule has 8 heteroatoms. The summed E-state index contributed by atoms with van der Waals surface area (Å²) in [6.45, 7) is 12.6. The van der Waals surface area contributed by atoms with Crippen LogP contribution >= 0.6 is 0 Å². The molecule has 0 radical (unpaired) electrons. The van der Waals surface area contributed by atoms with E-state index >= 15 is 0 Å². The molecule has 0 spiro atoms. The maximum Gasteiger partial charge on any atom is 0.410 e. The first-order valence-electron chi connectivity index (χ1n) is 12.5. The molecule has 2 amide bonds. The highest BCUT2D eigenvalue weighted by Crippen LogP contribution is 2.33. The Morgan fingerprint density at radius 2 is 1.86 bits per heavy atom. The Kier molecular flexibility index (Phi) is 7.04. The van der Waals surface area contributed by atoms with Gasteiger partial charge in [0.25, 0.3) is 5.91 Å². The van der Waals surface area contributed by atoms with Crippen LogP contribution in [0.25, 0.3) is 22.7 Å². The van der Waals surface area contributed by atoms with Crippen LogP contribution in [0.1, 0.15) is 56.1 Å². The lowest BCUT2D eigenvalue weighted by Gasteiger charge is -2.35. The average Bonchev–Trinajstić information content (AvgIpc) is 3.17. The van der Waals surface area contributed by atoms with E-state index < -0.39 is 5.60 Å². The highest BCUT2D eigenvalue weighted by Gasteiger charge is 2.30. The van der Waals surface area contributed by atoms with Gasteiger partial charge in [-0.1, -0.05) is 6.08 Å². The van der Waals surface area contributed by atoms with Crippen LogP contribution in [0.3, 0.4) is 0 Å². The van der Waals surface area contributed by atoms with Gasteiger partial charge < -0.3 is 23.8 Å². The lowest BCUT2D eigenvalue weighted by Crippen LogP contribution is -2.46. The zero-order valence-corrected chi connectivity index (χ0v) is 23.0. The fourth-order valence-electron chi connectivity index (χ4n) is 4.35. The predicted molar refractivity (Wildman–Crippen MR) is 145 cm³/mol. The Morgan fingerprint density at radius 1 is 1.16 bits per heavy atom. The standard InChI is InChI=1S/C29H36N4O4/c1-18(2)31(7)27(34)23-12-22(36-8)9-10-24(23)33-17-21(26-19(3)13-30-14-25(26)33)11-20-15-32(16-20)28(35)37-29(4,5)6/h9-14,17-18H,15-16H2,1-8H3. The number of amides is 2. The molecule has 1 aliphatic rings. The molecular formula is C29H36N4O4. The monoisotopic (exact) mass is 504 g/mol. The Labute approximate surface area is 218 Å². The van der Waals surface area contributed by atoms with Crippen LogP contribution in [0, 0.1) is 6.92 Å². The molecule has 8 nitrogen and oxygen atoms in total. The van der Waals surface area contributed by atoms with Gasteiger partial charge in [0.05, 0.1) is 30.1 Å². The average molecular weight is 505 g/mol. The number of likely N-dealkylation sites (tertiary alicyclic amines) is 1. The first kappa shape index (κ1) is 26.3. The van der Waals surface area contributed by atoms with E-state index in [1.165, 1.54) is 0 Å². The second-order valence-electron chi connectivity index (χ2n) is 10.8. The molecule has 3 aromatic rings. The first-order valence-corrected chi connectivity index (χ1v) is 12.5. The van der Waals surface area contributed by atoms with E-state index in [1.54, 1.807) is 30.0 Å². The van der Waals surface area contributed by atoms with Gasteiger partial charge in [0, 0.05) is 49.5 Å². The van der Waals surface area contributed by atoms with Gasteiger partial charge in [-0.15, -0.1) is 0 Å². The number of hydrogen-bond acceptors (Lipinski definition) is 5. The number of fused-ring (bicyclic) bond motifs is 1. The number of pyridine rings is 1. The van der Waals surface area contributed by atoms with Crippen molar-refractivity contribution >= 4 is 29.0 Å². The Bertz CT molecular complexity index is 1370. The minimum Gasteiger partial charge on any atom is -0.497 e. The van der Waals surface area contributed by atoms with E-state index in [4.69, 9.17) is 9.47 Å². The zero-order chi connectivity index (χ0) is 27.1. The largest absolute Gasteiger partial charge is 0.497 e. The summed E-state index contributed by atoms with van der Waals surface area (Å²) in [4.78, 5) is 33.7. The van der Waals surface area contributed by atoms with Crippen LogP contribution in [0.2, 0.25) is 0 Å². The Morgan fingerprint density at radius 3 is 2.49 bits per heavy atom. The van der Waals surface area contributed by atoms with Gasteiger partial charge in [0.15, 0.2) is 0 Å². The number of rotatable bonds is 5. The molecule has 1 saturated heterocycles. The van der Waals surface area contributed by atoms with Crippen molar-refractivity contribution in [2.24, 2.45) is 0 Å². The molecule has 196 valence electrons. The molecule has 4 rings (SSSR count). The van der Waals surface area contributed by atoms with Crippen molar-refractivity contribution < 1.29 is 19.1 Å². The molecule has 0 bridgehead atoms. The molecule has 37 heavy (non-hydrogen) atoms. The predicted octanol–water partition coefficient (Wildman–Crippen LogP) is 5.46. The Hall–Kier alpha value is -3.81. The second kappa shape index (κ2) is 9.92. The SMILES string of the molecule is COc1ccc(-n2cc(C=C3CN(C(=O)OC(C)(C)C)C3)c3c(C)cncc32)c(C(=O)N(C)C(C)C)c1. The molecule has 0 saturated carbocycles. The number of methoxy groups -OCH3 is 1. The van der Waals surface area contributed by atoms with Gasteiger partial charge in [-0.05, 0) is 70.9 Å². The van der Waals surface area contributed by atoms with Crippen LogP contribution in [0.15, 0.2) is 42.4 Å². The third-order valence-electron chi connectivity index (χ3n) is 6.52. The number of aromatic nitrogens is 2. The van der Waals surface area contributed by atoms with E-state index in [0.717, 1.165) is 33.3 Å². The molecular weight excluding hydrogens is 468 g/mol. The molecule has 0 atom stereocenters. The summed E-state index contributed by atoms with van der Waals surface area (Å²) in [5.74, 6) is 0.535. The summed E-state index contributed by atoms with van der Waals surface area (Å²) >= 11 is 0. The van der Waals surface area contributed by atoms with Crippen molar-refractivity contribution in [3.63, 3.8) is 0 Å². The van der Waals surface area contributed by atoms with Crippen molar-refractivity contribution in [3.8, 4) is 11.4 Å². The van der Waals surface area contributed by atoms with Crippen molar-refractivity contribution in [1.82, 2.24) is 19.4 Å². The first-order chi connectivity index (χ1) is 17.4. The maximum atomic E-state index is 13.5. The summed E-state index contributed by atoms with van der Waals surface area (Å²) in [6.07, 6.45) is 7.52. The van der Waals surface area contributed by atoms with Gasteiger partial charge >= 0.3 is 6.09 Å². The van der Waals surface area contributed by atoms with Crippen LogP contribution in [0.4, 0.5) is 4.79 Å². The number of hydrogen-bond donors (Lipinski definition) is 0. The third-order valence-corrected chi connectivity index (χ3v) is 6.52. The highest BCUT2D eigenvalue weighted by atomic mass is 16.6. The van der Waals surface area contributed by atoms with E-state index in [0.29, 0.717) is 24.4 Å². The van der Waals surface area contributed by atoms with Gasteiger partial charge in [-0.2, -0.15) is 0 Å². The normalized spacial score (nSPS) is 13.5. The summed E-state index contributed by atoms with van der Waals surface area (Å²) in [5, 5.41) is 1.06. The maximum absolute atomic E-state index is 13.5. The molecule has 1 aromatic carbocycles. The summed E-state index contributed by atoms with van der Waals surface area (Å²) < 4.78 is 12.9. The summed E-state index contributed by atoms with van der Waals surface area (Å²) in [6, 6.07) is 5.60. The molecule has 1 aliphatic heterocycles. The van der Waals surface area contributed by atoms with E-state index in [1.807, 2.05) is 76.8 Å². The van der Waals surface area contributed by atoms with Crippen molar-refractivity contribution in [3.05, 3.63) is 59.1 Å². The molecule has 1 fully saturated rings. The van der Waals surface area contributed by atoms with E-state index in [9.17, 15) is 9.59 Å². The van der Waals surface area contributed by atoms with Crippen molar-refractivity contribution in [2.45, 2.75) is 53.2 Å². The number of carbonyl (C=O) groups is 2. The number of aryl methyl sites for hydroxylation is 1. The molecule has 0 aliphatic carbocycles. The van der Waals surface area contributed by atoms with Gasteiger partial charge in [-0.25, -0.2) is 4.79 Å². The van der Waals surface area contributed by atoms with Crippen LogP contribution in [-0.4, -0.2) is 70.2 Å². The fraction of sp³-hybridized carbons (Fsp3) is 0.414.